The van der Waals surface area contributed by atoms with Gasteiger partial charge in [0.25, 0.3) is 5.91 Å². The standard InChI is InChI=1S/C47H47F4N8O7P/c1-25-19-33(20-26(2)40(25)48)59-41(57-16-15-56(45(57)62)32-8-10-38(67(5,6)63)37(23-32)65-47(49,50)51)39-28(4)55(14-11-34(39)53-59)42(60)36-22-31-21-30(29-12-17-64-18-13-29)7-9-35(31)58(36)46(24-27(46)3)43-52-44(61)66-54-43/h7-10,15-16,19-23,27-29H,11-14,17-18,24H2,1-6H3,(H,52,54,61). The van der Waals surface area contributed by atoms with Crippen molar-refractivity contribution in [3.8, 4) is 22.9 Å². The molecular formula is C47H47F4N8O7P. The van der Waals surface area contributed by atoms with E-state index in [1.807, 2.05) is 30.5 Å². The number of aromatic amines is 1. The number of rotatable bonds is 9. The van der Waals surface area contributed by atoms with E-state index in [-0.39, 0.29) is 47.5 Å². The third-order valence-electron chi connectivity index (χ3n) is 13.7. The van der Waals surface area contributed by atoms with Crippen molar-refractivity contribution in [3.63, 3.8) is 0 Å². The predicted molar refractivity (Wildman–Crippen MR) is 240 cm³/mol. The fraction of sp³-hybridized carbons (Fsp3) is 0.383. The van der Waals surface area contributed by atoms with E-state index >= 15 is 9.18 Å². The zero-order valence-corrected chi connectivity index (χ0v) is 38.4. The molecule has 15 nitrogen and oxygen atoms in total. The largest absolute Gasteiger partial charge is 0.573 e. The van der Waals surface area contributed by atoms with Gasteiger partial charge in [0.1, 0.15) is 35.8 Å². The van der Waals surface area contributed by atoms with Crippen LogP contribution < -0.4 is 21.5 Å². The molecule has 3 aliphatic rings. The van der Waals surface area contributed by atoms with Gasteiger partial charge < -0.3 is 23.5 Å². The van der Waals surface area contributed by atoms with Crippen LogP contribution in [0.5, 0.6) is 5.75 Å². The number of carbonyl (C=O) groups excluding carboxylic acids is 1. The number of hydrogen-bond donors (Lipinski definition) is 1. The third-order valence-corrected chi connectivity index (χ3v) is 15.2. The third kappa shape index (κ3) is 7.46. The van der Waals surface area contributed by atoms with Gasteiger partial charge in [0.2, 0.25) is 0 Å². The Morgan fingerprint density at radius 3 is 2.30 bits per heavy atom. The summed E-state index contributed by atoms with van der Waals surface area (Å²) in [5.74, 6) is -1.37. The second-order valence-corrected chi connectivity index (χ2v) is 21.5. The molecule has 3 atom stereocenters. The summed E-state index contributed by atoms with van der Waals surface area (Å²) in [5, 5.41) is 9.81. The second-order valence-electron chi connectivity index (χ2n) is 18.3. The maximum absolute atomic E-state index is 15.5. The summed E-state index contributed by atoms with van der Waals surface area (Å²) in [5.41, 5.74) is 2.85. The SMILES string of the molecule is Cc1cc(-n2nc3c(c2-n2ccn(-c4ccc(P(C)(C)=O)c(OC(F)(F)F)c4)c2=O)C(C)N(C(=O)c2cc4cc(C5CCOCC5)ccc4n2C2(c4noc(=O)[nH]4)CC2C)CC3)cc(C)c1F. The molecule has 6 heterocycles. The molecule has 0 radical (unpaired) electrons. The molecule has 1 saturated carbocycles. The fourth-order valence-electron chi connectivity index (χ4n) is 10.3. The molecule has 3 aromatic carbocycles. The van der Waals surface area contributed by atoms with E-state index in [0.29, 0.717) is 59.2 Å². The van der Waals surface area contributed by atoms with Gasteiger partial charge in [-0.25, -0.2) is 18.7 Å². The lowest BCUT2D eigenvalue weighted by atomic mass is 9.91. The van der Waals surface area contributed by atoms with Crippen LogP contribution in [0.25, 0.3) is 28.1 Å². The van der Waals surface area contributed by atoms with E-state index in [1.54, 1.807) is 30.9 Å². The molecule has 1 aliphatic carbocycles. The van der Waals surface area contributed by atoms with Crippen molar-refractivity contribution in [1.29, 1.82) is 0 Å². The highest BCUT2D eigenvalue weighted by atomic mass is 31.2. The number of hydrogen-bond acceptors (Lipinski definition) is 9. The monoisotopic (exact) mass is 942 g/mol. The number of fused-ring (bicyclic) bond motifs is 2. The Morgan fingerprint density at radius 1 is 0.955 bits per heavy atom. The van der Waals surface area contributed by atoms with Crippen molar-refractivity contribution in [3.05, 3.63) is 133 Å². The lowest BCUT2D eigenvalue weighted by Gasteiger charge is -2.34. The van der Waals surface area contributed by atoms with Crippen LogP contribution >= 0.6 is 7.14 Å². The summed E-state index contributed by atoms with van der Waals surface area (Å²) in [4.78, 5) is 47.0. The highest BCUT2D eigenvalue weighted by molar-refractivity contribution is 7.70. The van der Waals surface area contributed by atoms with Crippen molar-refractivity contribution in [2.24, 2.45) is 5.92 Å². The van der Waals surface area contributed by atoms with Gasteiger partial charge in [0, 0.05) is 61.1 Å². The van der Waals surface area contributed by atoms with Gasteiger partial charge in [0.15, 0.2) is 5.82 Å². The Morgan fingerprint density at radius 2 is 1.66 bits per heavy atom. The smallest absolute Gasteiger partial charge is 0.405 e. The van der Waals surface area contributed by atoms with E-state index in [0.717, 1.165) is 39.9 Å². The highest BCUT2D eigenvalue weighted by Gasteiger charge is 2.59. The first kappa shape index (κ1) is 44.4. The van der Waals surface area contributed by atoms with Crippen LogP contribution in [0.2, 0.25) is 0 Å². The topological polar surface area (TPSA) is 164 Å². The molecule has 4 aromatic heterocycles. The first-order valence-electron chi connectivity index (χ1n) is 22.0. The van der Waals surface area contributed by atoms with Crippen molar-refractivity contribution < 1.29 is 40.9 Å². The number of imidazole rings is 1. The number of carbonyl (C=O) groups is 1. The van der Waals surface area contributed by atoms with E-state index < -0.39 is 48.1 Å². The molecule has 0 bridgehead atoms. The number of alkyl halides is 3. The molecule has 1 N–H and O–H groups in total. The fourth-order valence-corrected chi connectivity index (χ4v) is 11.3. The Labute approximate surface area is 380 Å². The summed E-state index contributed by atoms with van der Waals surface area (Å²) in [6.45, 7) is 11.3. The van der Waals surface area contributed by atoms with Gasteiger partial charge in [-0.1, -0.05) is 18.1 Å². The number of benzene rings is 3. The Bertz CT molecular complexity index is 3290. The maximum atomic E-state index is 15.5. The van der Waals surface area contributed by atoms with Gasteiger partial charge >= 0.3 is 17.8 Å². The molecular weight excluding hydrogens is 896 g/mol. The molecule has 7 aromatic rings. The summed E-state index contributed by atoms with van der Waals surface area (Å²) in [6, 6.07) is 14.2. The number of aromatic nitrogens is 7. The number of ether oxygens (including phenoxy) is 2. The van der Waals surface area contributed by atoms with Crippen LogP contribution in [0.4, 0.5) is 17.6 Å². The quantitative estimate of drug-likeness (QED) is 0.112. The molecule has 67 heavy (non-hydrogen) atoms. The van der Waals surface area contributed by atoms with Gasteiger partial charge in [-0.3, -0.25) is 23.4 Å². The van der Waals surface area contributed by atoms with Gasteiger partial charge in [-0.2, -0.15) is 5.10 Å². The van der Waals surface area contributed by atoms with Crippen LogP contribution in [-0.2, 0) is 21.3 Å². The van der Waals surface area contributed by atoms with Crippen molar-refractivity contribution >= 4 is 29.3 Å². The van der Waals surface area contributed by atoms with Crippen LogP contribution in [0, 0.1) is 25.6 Å². The molecule has 1 saturated heterocycles. The average Bonchev–Trinajstić information content (AvgIpc) is 3.77. The number of nitrogens with zero attached hydrogens (tertiary/aromatic N) is 7. The van der Waals surface area contributed by atoms with Crippen LogP contribution in [0.1, 0.15) is 89.3 Å². The van der Waals surface area contributed by atoms with Gasteiger partial charge in [0.05, 0.1) is 28.4 Å². The maximum Gasteiger partial charge on any atom is 0.573 e. The number of amides is 1. The zero-order valence-electron chi connectivity index (χ0n) is 37.5. The molecule has 2 fully saturated rings. The minimum absolute atomic E-state index is 0.00273. The lowest BCUT2D eigenvalue weighted by molar-refractivity contribution is -0.274. The summed E-state index contributed by atoms with van der Waals surface area (Å²) >= 11 is 0. The molecule has 350 valence electrons. The minimum atomic E-state index is -5.11. The first-order valence-corrected chi connectivity index (χ1v) is 24.6. The van der Waals surface area contributed by atoms with Crippen LogP contribution in [-0.4, -0.2) is 83.9 Å². The first-order chi connectivity index (χ1) is 31.7. The molecule has 2 aliphatic heterocycles. The molecule has 10 rings (SSSR count). The lowest BCUT2D eigenvalue weighted by Crippen LogP contribution is -2.41. The highest BCUT2D eigenvalue weighted by Crippen LogP contribution is 2.56. The molecule has 1 amide bonds. The molecule has 20 heteroatoms. The van der Waals surface area contributed by atoms with E-state index in [2.05, 4.69) is 27.0 Å². The Balaban J connectivity index is 1.12. The van der Waals surface area contributed by atoms with Gasteiger partial charge in [-0.05, 0) is 124 Å². The summed E-state index contributed by atoms with van der Waals surface area (Å²) in [7, 11) is -3.27. The van der Waals surface area contributed by atoms with Gasteiger partial charge in [-0.15, -0.1) is 13.2 Å². The van der Waals surface area contributed by atoms with E-state index in [9.17, 15) is 27.3 Å². The Hall–Kier alpha value is -6.46. The van der Waals surface area contributed by atoms with Crippen LogP contribution in [0.15, 0.2) is 81.1 Å². The number of aryl methyl sites for hydroxylation is 2. The van der Waals surface area contributed by atoms with Crippen molar-refractivity contribution in [2.45, 2.75) is 77.2 Å². The van der Waals surface area contributed by atoms with E-state index in [1.165, 1.54) is 47.1 Å². The summed E-state index contributed by atoms with van der Waals surface area (Å²) in [6.07, 6.45) is 0.285. The Kier molecular flexibility index (Phi) is 10.5. The van der Waals surface area contributed by atoms with Crippen molar-refractivity contribution in [1.82, 2.24) is 38.5 Å². The van der Waals surface area contributed by atoms with Crippen LogP contribution in [0.3, 0.4) is 0 Å². The number of halogens is 4. The average molecular weight is 943 g/mol. The molecule has 3 unspecified atom stereocenters. The minimum Gasteiger partial charge on any atom is -0.405 e. The predicted octanol–water partition coefficient (Wildman–Crippen LogP) is 7.78. The van der Waals surface area contributed by atoms with Crippen molar-refractivity contribution in [2.75, 3.05) is 33.1 Å². The normalized spacial score (nSPS) is 20.1. The second kappa shape index (κ2) is 15.8. The van der Waals surface area contributed by atoms with E-state index in [4.69, 9.17) is 14.4 Å². The number of H-pyrrole nitrogens is 1. The number of nitrogens with one attached hydrogen (secondary N) is 1. The zero-order chi connectivity index (χ0) is 47.5. The summed E-state index contributed by atoms with van der Waals surface area (Å²) < 4.78 is 90.0. The molecule has 0 spiro atoms.